The Morgan fingerprint density at radius 2 is 2.07 bits per heavy atom. The smallest absolute Gasteiger partial charge is 0.266 e. The number of nitrogens with zero attached hydrogens (tertiary/aromatic N) is 5. The average Bonchev–Trinajstić information content (AvgIpc) is 3.13. The molecule has 2 aromatic heterocycles. The minimum absolute atomic E-state index is 0.0334. The van der Waals surface area contributed by atoms with Crippen molar-refractivity contribution < 1.29 is 22.7 Å². The fourth-order valence-electron chi connectivity index (χ4n) is 3.69. The van der Waals surface area contributed by atoms with Gasteiger partial charge in [0.25, 0.3) is 17.6 Å². The number of hydrogen-bond donors (Lipinski definition) is 0. The molecule has 3 aromatic rings. The van der Waals surface area contributed by atoms with E-state index >= 15 is 0 Å². The Hall–Kier alpha value is -3.17. The van der Waals surface area contributed by atoms with Crippen LogP contribution in [0.4, 0.5) is 13.2 Å². The highest BCUT2D eigenvalue weighted by Crippen LogP contribution is 2.37. The normalized spacial score (nSPS) is 18.8. The number of benzene rings is 1. The molecule has 0 N–H and O–H groups in total. The van der Waals surface area contributed by atoms with Crippen molar-refractivity contribution in [1.82, 2.24) is 24.5 Å². The molecule has 1 aliphatic rings. The summed E-state index contributed by atoms with van der Waals surface area (Å²) in [7, 11) is 1.34. The summed E-state index contributed by atoms with van der Waals surface area (Å²) in [6.45, 7) is 1.03. The molecule has 0 spiro atoms. The first-order valence-electron chi connectivity index (χ1n) is 8.95. The zero-order chi connectivity index (χ0) is 20.8. The Labute approximate surface area is 164 Å². The Bertz CT molecular complexity index is 1080. The SMILES string of the molecule is COc1cc(F)cc(C(=O)N2CC(c3cc(C)nc4ncnn34)CC(F)(F)C2)c1. The number of halogens is 3. The predicted octanol–water partition coefficient (Wildman–Crippen LogP) is 2.85. The van der Waals surface area contributed by atoms with E-state index in [1.54, 1.807) is 13.0 Å². The van der Waals surface area contributed by atoms with E-state index in [9.17, 15) is 18.0 Å². The van der Waals surface area contributed by atoms with Gasteiger partial charge < -0.3 is 9.64 Å². The van der Waals surface area contributed by atoms with E-state index in [2.05, 4.69) is 15.1 Å². The molecule has 7 nitrogen and oxygen atoms in total. The largest absolute Gasteiger partial charge is 0.497 e. The third-order valence-corrected chi connectivity index (χ3v) is 4.87. The Kier molecular flexibility index (Phi) is 4.64. The van der Waals surface area contributed by atoms with Crippen molar-refractivity contribution in [3.05, 3.63) is 53.4 Å². The highest BCUT2D eigenvalue weighted by atomic mass is 19.3. The summed E-state index contributed by atoms with van der Waals surface area (Å²) < 4.78 is 49.3. The van der Waals surface area contributed by atoms with Crippen molar-refractivity contribution in [3.8, 4) is 5.75 Å². The highest BCUT2D eigenvalue weighted by molar-refractivity contribution is 5.94. The number of ether oxygens (including phenoxy) is 1. The lowest BCUT2D eigenvalue weighted by atomic mass is 9.91. The van der Waals surface area contributed by atoms with Gasteiger partial charge in [0.1, 0.15) is 17.9 Å². The summed E-state index contributed by atoms with van der Waals surface area (Å²) in [6.07, 6.45) is 0.857. The lowest BCUT2D eigenvalue weighted by Crippen LogP contribution is -2.49. The van der Waals surface area contributed by atoms with Gasteiger partial charge in [0.2, 0.25) is 0 Å². The number of amides is 1. The summed E-state index contributed by atoms with van der Waals surface area (Å²) in [5.41, 5.74) is 1.07. The maximum atomic E-state index is 14.6. The van der Waals surface area contributed by atoms with E-state index in [1.165, 1.54) is 24.0 Å². The van der Waals surface area contributed by atoms with Crippen molar-refractivity contribution in [3.63, 3.8) is 0 Å². The minimum Gasteiger partial charge on any atom is -0.497 e. The Balaban J connectivity index is 1.70. The van der Waals surface area contributed by atoms with Crippen LogP contribution in [0.15, 0.2) is 30.6 Å². The molecule has 0 aliphatic carbocycles. The van der Waals surface area contributed by atoms with Gasteiger partial charge in [-0.25, -0.2) is 22.7 Å². The van der Waals surface area contributed by atoms with Crippen LogP contribution in [0.25, 0.3) is 5.78 Å². The van der Waals surface area contributed by atoms with Gasteiger partial charge >= 0.3 is 0 Å². The molecule has 29 heavy (non-hydrogen) atoms. The van der Waals surface area contributed by atoms with Crippen LogP contribution in [-0.2, 0) is 0 Å². The monoisotopic (exact) mass is 405 g/mol. The molecular formula is C19H18F3N5O2. The number of rotatable bonds is 3. The van der Waals surface area contributed by atoms with E-state index in [0.717, 1.165) is 17.0 Å². The van der Waals surface area contributed by atoms with Crippen molar-refractivity contribution in [2.45, 2.75) is 25.2 Å². The van der Waals surface area contributed by atoms with Gasteiger partial charge in [-0.3, -0.25) is 4.79 Å². The number of alkyl halides is 2. The number of piperidine rings is 1. The number of carbonyl (C=O) groups is 1. The van der Waals surface area contributed by atoms with E-state index < -0.39 is 36.5 Å². The molecule has 1 saturated heterocycles. The maximum Gasteiger partial charge on any atom is 0.266 e. The van der Waals surface area contributed by atoms with Crippen LogP contribution in [0.5, 0.6) is 5.75 Å². The molecule has 1 aromatic carbocycles. The topological polar surface area (TPSA) is 72.6 Å². The van der Waals surface area contributed by atoms with Gasteiger partial charge in [-0.15, -0.1) is 0 Å². The average molecular weight is 405 g/mol. The Morgan fingerprint density at radius 1 is 1.28 bits per heavy atom. The second-order valence-corrected chi connectivity index (χ2v) is 7.12. The first-order chi connectivity index (χ1) is 13.8. The number of carbonyl (C=O) groups excluding carboxylic acids is 1. The molecule has 3 heterocycles. The minimum atomic E-state index is -3.11. The molecule has 1 amide bonds. The van der Waals surface area contributed by atoms with Crippen LogP contribution in [0, 0.1) is 12.7 Å². The Morgan fingerprint density at radius 3 is 2.83 bits per heavy atom. The van der Waals surface area contributed by atoms with Crippen molar-refractivity contribution in [2.75, 3.05) is 20.2 Å². The molecule has 1 atom stereocenters. The first kappa shape index (κ1) is 19.2. The second-order valence-electron chi connectivity index (χ2n) is 7.12. The molecule has 152 valence electrons. The molecular weight excluding hydrogens is 387 g/mol. The molecule has 0 bridgehead atoms. The standard InChI is InChI=1S/C19H18F3N5O2/c1-11-3-16(27-18(25-11)23-10-24-27)13-7-19(21,22)9-26(8-13)17(28)12-4-14(20)6-15(5-12)29-2/h3-6,10,13H,7-9H2,1-2H3. The number of likely N-dealkylation sites (tertiary alicyclic amines) is 1. The third-order valence-electron chi connectivity index (χ3n) is 4.87. The number of aryl methyl sites for hydroxylation is 1. The fourth-order valence-corrected chi connectivity index (χ4v) is 3.69. The molecule has 1 fully saturated rings. The summed E-state index contributed by atoms with van der Waals surface area (Å²) in [5.74, 6) is -4.72. The fraction of sp³-hybridized carbons (Fsp3) is 0.368. The van der Waals surface area contributed by atoms with Crippen LogP contribution >= 0.6 is 0 Å². The van der Waals surface area contributed by atoms with Crippen molar-refractivity contribution in [2.24, 2.45) is 0 Å². The van der Waals surface area contributed by atoms with Crippen LogP contribution in [0.2, 0.25) is 0 Å². The molecule has 0 radical (unpaired) electrons. The molecule has 4 rings (SSSR count). The maximum absolute atomic E-state index is 14.6. The number of aromatic nitrogens is 4. The predicted molar refractivity (Wildman–Crippen MR) is 96.7 cm³/mol. The van der Waals surface area contributed by atoms with Crippen LogP contribution in [0.3, 0.4) is 0 Å². The quantitative estimate of drug-likeness (QED) is 0.670. The second kappa shape index (κ2) is 7.02. The van der Waals surface area contributed by atoms with E-state index in [4.69, 9.17) is 4.74 Å². The van der Waals surface area contributed by atoms with Gasteiger partial charge in [-0.05, 0) is 25.1 Å². The van der Waals surface area contributed by atoms with Crippen LogP contribution < -0.4 is 4.74 Å². The highest BCUT2D eigenvalue weighted by Gasteiger charge is 2.43. The molecule has 1 unspecified atom stereocenters. The van der Waals surface area contributed by atoms with E-state index in [0.29, 0.717) is 17.2 Å². The van der Waals surface area contributed by atoms with Gasteiger partial charge in [-0.1, -0.05) is 0 Å². The van der Waals surface area contributed by atoms with Gasteiger partial charge in [0, 0.05) is 36.2 Å². The van der Waals surface area contributed by atoms with Gasteiger partial charge in [-0.2, -0.15) is 10.1 Å². The lowest BCUT2D eigenvalue weighted by Gasteiger charge is -2.37. The molecule has 1 aliphatic heterocycles. The summed E-state index contributed by atoms with van der Waals surface area (Å²) in [5, 5.41) is 4.07. The summed E-state index contributed by atoms with van der Waals surface area (Å²) in [6, 6.07) is 5.13. The van der Waals surface area contributed by atoms with E-state index in [-0.39, 0.29) is 17.9 Å². The molecule has 0 saturated carbocycles. The number of hydrogen-bond acceptors (Lipinski definition) is 5. The third kappa shape index (κ3) is 3.74. The number of fused-ring (bicyclic) bond motifs is 1. The number of methoxy groups -OCH3 is 1. The lowest BCUT2D eigenvalue weighted by molar-refractivity contribution is -0.0641. The zero-order valence-corrected chi connectivity index (χ0v) is 15.8. The summed E-state index contributed by atoms with van der Waals surface area (Å²) >= 11 is 0. The van der Waals surface area contributed by atoms with E-state index in [1.807, 2.05) is 0 Å². The summed E-state index contributed by atoms with van der Waals surface area (Å²) in [4.78, 5) is 22.2. The molecule has 10 heteroatoms. The van der Waals surface area contributed by atoms with Gasteiger partial charge in [0.05, 0.1) is 19.3 Å². The van der Waals surface area contributed by atoms with Crippen molar-refractivity contribution in [1.29, 1.82) is 0 Å². The van der Waals surface area contributed by atoms with Crippen LogP contribution in [-0.4, -0.2) is 56.5 Å². The first-order valence-corrected chi connectivity index (χ1v) is 8.95. The van der Waals surface area contributed by atoms with Crippen LogP contribution in [0.1, 0.15) is 34.1 Å². The van der Waals surface area contributed by atoms with Gasteiger partial charge in [0.15, 0.2) is 0 Å². The van der Waals surface area contributed by atoms with Crippen molar-refractivity contribution >= 4 is 11.7 Å². The zero-order valence-electron chi connectivity index (χ0n) is 15.8.